The van der Waals surface area contributed by atoms with E-state index in [2.05, 4.69) is 16.4 Å². The quantitative estimate of drug-likeness (QED) is 0.786. The molecule has 0 aliphatic heterocycles. The Morgan fingerprint density at radius 1 is 1.69 bits per heavy atom. The molecule has 0 saturated heterocycles. The normalized spacial score (nSPS) is 11.6. The molecule has 3 N–H and O–H groups in total. The van der Waals surface area contributed by atoms with Crippen LogP contribution < -0.4 is 11.1 Å². The van der Waals surface area contributed by atoms with Crippen molar-refractivity contribution < 1.29 is 4.79 Å². The lowest BCUT2D eigenvalue weighted by molar-refractivity contribution is -0.118. The third kappa shape index (κ3) is 3.58. The van der Waals surface area contributed by atoms with Gasteiger partial charge in [-0.05, 0) is 26.0 Å². The number of nitrogens with one attached hydrogen (secondary N) is 1. The minimum Gasteiger partial charge on any atom is -0.370 e. The lowest BCUT2D eigenvalue weighted by Gasteiger charge is -2.13. The number of amides is 1. The van der Waals surface area contributed by atoms with Gasteiger partial charge in [-0.2, -0.15) is 5.26 Å². The van der Waals surface area contributed by atoms with Crippen LogP contribution in [-0.2, 0) is 4.79 Å². The Labute approximate surface area is 94.3 Å². The highest BCUT2D eigenvalue weighted by atomic mass is 16.1. The Kier molecular flexibility index (Phi) is 3.84. The molecule has 1 unspecified atom stereocenters. The highest BCUT2D eigenvalue weighted by Gasteiger charge is 2.07. The highest BCUT2D eigenvalue weighted by molar-refractivity contribution is 5.74. The number of primary amides is 1. The molecule has 1 amide bonds. The van der Waals surface area contributed by atoms with Crippen LogP contribution in [0.4, 0.5) is 5.82 Å². The molecule has 0 fully saturated rings. The van der Waals surface area contributed by atoms with Crippen molar-refractivity contribution in [3.63, 3.8) is 0 Å². The van der Waals surface area contributed by atoms with Crippen LogP contribution in [0.15, 0.2) is 12.1 Å². The minimum absolute atomic E-state index is 0.0988. The van der Waals surface area contributed by atoms with Crippen LogP contribution in [0, 0.1) is 18.3 Å². The molecule has 0 radical (unpaired) electrons. The summed E-state index contributed by atoms with van der Waals surface area (Å²) in [4.78, 5) is 14.9. The lowest BCUT2D eigenvalue weighted by Crippen LogP contribution is -2.24. The third-order valence-electron chi connectivity index (χ3n) is 1.98. The maximum absolute atomic E-state index is 10.7. The van der Waals surface area contributed by atoms with E-state index in [1.54, 1.807) is 12.1 Å². The Balaban J connectivity index is 2.77. The number of rotatable bonds is 4. The molecule has 0 aliphatic rings. The van der Waals surface area contributed by atoms with E-state index in [0.717, 1.165) is 5.69 Å². The van der Waals surface area contributed by atoms with Crippen molar-refractivity contribution >= 4 is 11.7 Å². The molecule has 1 heterocycles. The molecular weight excluding hydrogens is 204 g/mol. The van der Waals surface area contributed by atoms with Crippen molar-refractivity contribution in [2.75, 3.05) is 5.32 Å². The Bertz CT molecular complexity index is 436. The van der Waals surface area contributed by atoms with Gasteiger partial charge in [0.15, 0.2) is 0 Å². The first kappa shape index (κ1) is 12.0. The maximum atomic E-state index is 10.7. The minimum atomic E-state index is -0.367. The van der Waals surface area contributed by atoms with Gasteiger partial charge in [0.2, 0.25) is 5.91 Å². The Hall–Kier alpha value is -2.09. The average Bonchev–Trinajstić information content (AvgIpc) is 2.14. The average molecular weight is 218 g/mol. The second kappa shape index (κ2) is 5.12. The molecule has 84 valence electrons. The zero-order valence-corrected chi connectivity index (χ0v) is 9.32. The fourth-order valence-electron chi connectivity index (χ4n) is 1.41. The first-order chi connectivity index (χ1) is 7.51. The smallest absolute Gasteiger partial charge is 0.219 e. The van der Waals surface area contributed by atoms with Crippen LogP contribution in [0.25, 0.3) is 0 Å². The van der Waals surface area contributed by atoms with Crippen molar-refractivity contribution in [3.05, 3.63) is 23.4 Å². The van der Waals surface area contributed by atoms with E-state index in [1.165, 1.54) is 0 Å². The number of pyridine rings is 1. The number of carbonyl (C=O) groups is 1. The van der Waals surface area contributed by atoms with Crippen molar-refractivity contribution in [3.8, 4) is 6.07 Å². The first-order valence-electron chi connectivity index (χ1n) is 4.95. The standard InChI is InChI=1S/C11H14N4O/c1-7-3-9(6-12)5-11(14-7)15-8(2)4-10(13)16/h3,5,8H,4H2,1-2H3,(H2,13,16)(H,14,15). The van der Waals surface area contributed by atoms with Crippen LogP contribution >= 0.6 is 0 Å². The van der Waals surface area contributed by atoms with Gasteiger partial charge in [0.25, 0.3) is 0 Å². The van der Waals surface area contributed by atoms with Gasteiger partial charge in [-0.25, -0.2) is 4.98 Å². The molecule has 0 aromatic carbocycles. The van der Waals surface area contributed by atoms with E-state index < -0.39 is 0 Å². The second-order valence-electron chi connectivity index (χ2n) is 3.71. The third-order valence-corrected chi connectivity index (χ3v) is 1.98. The second-order valence-corrected chi connectivity index (χ2v) is 3.71. The summed E-state index contributed by atoms with van der Waals surface area (Å²) in [6.45, 7) is 3.64. The molecule has 0 saturated carbocycles. The van der Waals surface area contributed by atoms with Crippen molar-refractivity contribution in [1.82, 2.24) is 4.98 Å². The molecule has 16 heavy (non-hydrogen) atoms. The molecule has 0 spiro atoms. The SMILES string of the molecule is Cc1cc(C#N)cc(NC(C)CC(N)=O)n1. The summed E-state index contributed by atoms with van der Waals surface area (Å²) in [5.74, 6) is 0.221. The summed E-state index contributed by atoms with van der Waals surface area (Å²) in [7, 11) is 0. The maximum Gasteiger partial charge on any atom is 0.219 e. The largest absolute Gasteiger partial charge is 0.370 e. The van der Waals surface area contributed by atoms with Crippen molar-refractivity contribution in [1.29, 1.82) is 5.26 Å². The zero-order chi connectivity index (χ0) is 12.1. The van der Waals surface area contributed by atoms with Gasteiger partial charge in [-0.15, -0.1) is 0 Å². The van der Waals surface area contributed by atoms with Gasteiger partial charge in [0.1, 0.15) is 5.82 Å². The number of nitrogens with two attached hydrogens (primary N) is 1. The van der Waals surface area contributed by atoms with E-state index in [-0.39, 0.29) is 18.4 Å². The molecule has 1 atom stereocenters. The molecule has 5 nitrogen and oxygen atoms in total. The number of carbonyl (C=O) groups excluding carboxylic acids is 1. The molecule has 0 bridgehead atoms. The van der Waals surface area contributed by atoms with Crippen LogP contribution in [0.2, 0.25) is 0 Å². The zero-order valence-electron chi connectivity index (χ0n) is 9.32. The van der Waals surface area contributed by atoms with E-state index >= 15 is 0 Å². The predicted molar refractivity (Wildman–Crippen MR) is 60.6 cm³/mol. The van der Waals surface area contributed by atoms with Gasteiger partial charge >= 0.3 is 0 Å². The van der Waals surface area contributed by atoms with Crippen LogP contribution in [0.5, 0.6) is 0 Å². The summed E-state index contributed by atoms with van der Waals surface area (Å²) in [6, 6.07) is 5.29. The Morgan fingerprint density at radius 3 is 2.94 bits per heavy atom. The number of aromatic nitrogens is 1. The Morgan fingerprint density at radius 2 is 2.38 bits per heavy atom. The summed E-state index contributed by atoms with van der Waals surface area (Å²) in [5, 5.41) is 11.8. The number of hydrogen-bond donors (Lipinski definition) is 2. The predicted octanol–water partition coefficient (Wildman–Crippen LogP) is 0.937. The molecule has 1 aromatic rings. The monoisotopic (exact) mass is 218 g/mol. The number of nitrogens with zero attached hydrogens (tertiary/aromatic N) is 2. The number of nitriles is 1. The van der Waals surface area contributed by atoms with E-state index in [0.29, 0.717) is 11.4 Å². The van der Waals surface area contributed by atoms with E-state index in [1.807, 2.05) is 13.8 Å². The molecule has 5 heteroatoms. The van der Waals surface area contributed by atoms with Gasteiger partial charge in [0, 0.05) is 18.2 Å². The summed E-state index contributed by atoms with van der Waals surface area (Å²) in [5.41, 5.74) is 6.38. The van der Waals surface area contributed by atoms with Crippen molar-refractivity contribution in [2.45, 2.75) is 26.3 Å². The number of anilines is 1. The van der Waals surface area contributed by atoms with Crippen LogP contribution in [0.1, 0.15) is 24.6 Å². The summed E-state index contributed by atoms with van der Waals surface area (Å²) < 4.78 is 0. The molecular formula is C11H14N4O. The van der Waals surface area contributed by atoms with Crippen molar-refractivity contribution in [2.24, 2.45) is 5.73 Å². The number of hydrogen-bond acceptors (Lipinski definition) is 4. The first-order valence-corrected chi connectivity index (χ1v) is 4.95. The summed E-state index contributed by atoms with van der Waals surface area (Å²) in [6.07, 6.45) is 0.234. The molecule has 0 aliphatic carbocycles. The topological polar surface area (TPSA) is 91.8 Å². The van der Waals surface area contributed by atoms with Gasteiger partial charge in [-0.3, -0.25) is 4.79 Å². The number of aryl methyl sites for hydroxylation is 1. The van der Waals surface area contributed by atoms with Gasteiger partial charge in [0.05, 0.1) is 11.6 Å². The molecule has 1 rings (SSSR count). The van der Waals surface area contributed by atoms with Crippen LogP contribution in [-0.4, -0.2) is 16.9 Å². The van der Waals surface area contributed by atoms with Gasteiger partial charge in [-0.1, -0.05) is 0 Å². The fourth-order valence-corrected chi connectivity index (χ4v) is 1.41. The summed E-state index contributed by atoms with van der Waals surface area (Å²) >= 11 is 0. The van der Waals surface area contributed by atoms with Gasteiger partial charge < -0.3 is 11.1 Å². The molecule has 1 aromatic heterocycles. The lowest BCUT2D eigenvalue weighted by atomic mass is 10.2. The fraction of sp³-hybridized carbons (Fsp3) is 0.364. The van der Waals surface area contributed by atoms with Crippen LogP contribution in [0.3, 0.4) is 0 Å². The highest BCUT2D eigenvalue weighted by Crippen LogP contribution is 2.11. The van der Waals surface area contributed by atoms with E-state index in [4.69, 9.17) is 11.0 Å². The van der Waals surface area contributed by atoms with E-state index in [9.17, 15) is 4.79 Å².